The molecule has 1 unspecified atom stereocenters. The lowest BCUT2D eigenvalue weighted by molar-refractivity contribution is -0.121. The zero-order valence-corrected chi connectivity index (χ0v) is 17.6. The Bertz CT molecular complexity index is 1100. The number of methoxy groups -OCH3 is 1. The largest absolute Gasteiger partial charge is 0.497 e. The highest BCUT2D eigenvalue weighted by Gasteiger charge is 2.57. The molecule has 2 aromatic rings. The van der Waals surface area contributed by atoms with Crippen LogP contribution < -0.4 is 19.3 Å². The van der Waals surface area contributed by atoms with Gasteiger partial charge < -0.3 is 14.4 Å². The van der Waals surface area contributed by atoms with Gasteiger partial charge in [-0.05, 0) is 68.0 Å². The van der Waals surface area contributed by atoms with E-state index in [2.05, 4.69) is 30.9 Å². The molecule has 0 radical (unpaired) electrons. The minimum atomic E-state index is -0.728. The molecule has 1 spiro atoms. The molecular weight excluding hydrogens is 380 g/mol. The van der Waals surface area contributed by atoms with Crippen LogP contribution >= 0.6 is 0 Å². The van der Waals surface area contributed by atoms with Crippen molar-refractivity contribution in [2.45, 2.75) is 37.8 Å². The van der Waals surface area contributed by atoms with Crippen molar-refractivity contribution in [3.63, 3.8) is 0 Å². The van der Waals surface area contributed by atoms with Gasteiger partial charge in [-0.25, -0.2) is 0 Å². The maximum Gasteiger partial charge on any atom is 0.234 e. The molecule has 6 heteroatoms. The monoisotopic (exact) mass is 404 g/mol. The number of carbonyl (C=O) groups excluding carboxylic acids is 2. The standard InChI is InChI=1S/C24H24N2O4/c1-23(2)18-14-16(26-21(27)9-10-22(26)28)5-7-19(18)25(3)24(23)12-11-15-13-17(29-4)6-8-20(15)30-24/h5-8,11-14H,9-10H2,1-4H3. The van der Waals surface area contributed by atoms with Crippen LogP contribution in [0.1, 0.15) is 37.8 Å². The van der Waals surface area contributed by atoms with Gasteiger partial charge >= 0.3 is 0 Å². The second-order valence-electron chi connectivity index (χ2n) is 8.54. The van der Waals surface area contributed by atoms with Gasteiger partial charge in [-0.15, -0.1) is 0 Å². The lowest BCUT2D eigenvalue weighted by Crippen LogP contribution is -2.58. The lowest BCUT2D eigenvalue weighted by Gasteiger charge is -2.45. The van der Waals surface area contributed by atoms with Crippen LogP contribution in [0.4, 0.5) is 11.4 Å². The first-order valence-electron chi connectivity index (χ1n) is 10.1. The molecule has 0 saturated carbocycles. The van der Waals surface area contributed by atoms with Crippen molar-refractivity contribution < 1.29 is 19.1 Å². The smallest absolute Gasteiger partial charge is 0.234 e. The molecular formula is C24H24N2O4. The summed E-state index contributed by atoms with van der Waals surface area (Å²) in [5, 5.41) is 0. The second-order valence-corrected chi connectivity index (χ2v) is 8.54. The van der Waals surface area contributed by atoms with Crippen LogP contribution in [0.25, 0.3) is 6.08 Å². The van der Waals surface area contributed by atoms with Gasteiger partial charge in [-0.2, -0.15) is 0 Å². The van der Waals surface area contributed by atoms with E-state index in [1.54, 1.807) is 7.11 Å². The molecule has 2 aromatic carbocycles. The number of hydrogen-bond acceptors (Lipinski definition) is 5. The van der Waals surface area contributed by atoms with Crippen LogP contribution in [0.3, 0.4) is 0 Å². The zero-order valence-electron chi connectivity index (χ0n) is 17.6. The predicted molar refractivity (Wildman–Crippen MR) is 115 cm³/mol. The van der Waals surface area contributed by atoms with Gasteiger partial charge in [0.2, 0.25) is 17.5 Å². The number of likely N-dealkylation sites (N-methyl/N-ethyl adjacent to an activating group) is 1. The van der Waals surface area contributed by atoms with Crippen LogP contribution in [-0.4, -0.2) is 31.7 Å². The summed E-state index contributed by atoms with van der Waals surface area (Å²) in [6.07, 6.45) is 4.70. The zero-order chi connectivity index (χ0) is 21.3. The molecule has 0 aromatic heterocycles. The maximum atomic E-state index is 12.2. The highest BCUT2D eigenvalue weighted by atomic mass is 16.5. The van der Waals surface area contributed by atoms with E-state index in [1.165, 1.54) is 4.90 Å². The Morgan fingerprint density at radius 1 is 1.03 bits per heavy atom. The highest BCUT2D eigenvalue weighted by molar-refractivity contribution is 6.20. The highest BCUT2D eigenvalue weighted by Crippen LogP contribution is 2.55. The molecule has 0 aliphatic carbocycles. The molecule has 1 saturated heterocycles. The van der Waals surface area contributed by atoms with Gasteiger partial charge in [-0.3, -0.25) is 14.5 Å². The minimum absolute atomic E-state index is 0.143. The molecule has 5 rings (SSSR count). The summed E-state index contributed by atoms with van der Waals surface area (Å²) in [5.41, 5.74) is 2.49. The number of nitrogens with zero attached hydrogens (tertiary/aromatic N) is 2. The number of carbonyl (C=O) groups is 2. The Hall–Kier alpha value is -3.28. The van der Waals surface area contributed by atoms with Gasteiger partial charge in [0.25, 0.3) is 0 Å². The van der Waals surface area contributed by atoms with E-state index in [0.717, 1.165) is 28.3 Å². The molecule has 30 heavy (non-hydrogen) atoms. The minimum Gasteiger partial charge on any atom is -0.497 e. The van der Waals surface area contributed by atoms with Crippen molar-refractivity contribution in [2.24, 2.45) is 0 Å². The Labute approximate surface area is 175 Å². The lowest BCUT2D eigenvalue weighted by atomic mass is 9.76. The first kappa shape index (κ1) is 18.7. The van der Waals surface area contributed by atoms with Gasteiger partial charge in [-0.1, -0.05) is 0 Å². The van der Waals surface area contributed by atoms with E-state index in [1.807, 2.05) is 43.4 Å². The van der Waals surface area contributed by atoms with E-state index in [0.29, 0.717) is 5.69 Å². The third-order valence-electron chi connectivity index (χ3n) is 6.69. The van der Waals surface area contributed by atoms with Crippen LogP contribution in [0.5, 0.6) is 11.5 Å². The van der Waals surface area contributed by atoms with Crippen molar-refractivity contribution in [3.05, 3.63) is 53.6 Å². The number of hydrogen-bond donors (Lipinski definition) is 0. The Kier molecular flexibility index (Phi) is 3.81. The summed E-state index contributed by atoms with van der Waals surface area (Å²) in [4.78, 5) is 27.9. The molecule has 2 amide bonds. The van der Waals surface area contributed by atoms with E-state index < -0.39 is 11.1 Å². The Morgan fingerprint density at radius 2 is 1.77 bits per heavy atom. The number of ether oxygens (including phenoxy) is 2. The van der Waals surface area contributed by atoms with Crippen molar-refractivity contribution in [1.82, 2.24) is 0 Å². The molecule has 1 fully saturated rings. The fraction of sp³-hybridized carbons (Fsp3) is 0.333. The molecule has 0 N–H and O–H groups in total. The number of imide groups is 1. The summed E-state index contributed by atoms with van der Waals surface area (Å²) in [6.45, 7) is 4.26. The number of fused-ring (bicyclic) bond motifs is 2. The summed E-state index contributed by atoms with van der Waals surface area (Å²) in [7, 11) is 3.66. The van der Waals surface area contributed by atoms with Gasteiger partial charge in [0.05, 0.1) is 18.2 Å². The quantitative estimate of drug-likeness (QED) is 0.711. The number of anilines is 2. The topological polar surface area (TPSA) is 59.1 Å². The fourth-order valence-electron chi connectivity index (χ4n) is 4.91. The first-order chi connectivity index (χ1) is 14.3. The van der Waals surface area contributed by atoms with Crippen molar-refractivity contribution in [2.75, 3.05) is 24.0 Å². The van der Waals surface area contributed by atoms with E-state index in [9.17, 15) is 9.59 Å². The second kappa shape index (κ2) is 6.11. The van der Waals surface area contributed by atoms with Crippen LogP contribution in [0.15, 0.2) is 42.5 Å². The SMILES string of the molecule is COc1ccc2c(c1)C=CC1(O2)N(C)c2ccc(N3C(=O)CCC3=O)cc2C1(C)C. The van der Waals surface area contributed by atoms with E-state index in [-0.39, 0.29) is 24.7 Å². The number of benzene rings is 2. The molecule has 1 atom stereocenters. The normalized spacial score (nSPS) is 23.6. The van der Waals surface area contributed by atoms with Gasteiger partial charge in [0.15, 0.2) is 0 Å². The van der Waals surface area contributed by atoms with Gasteiger partial charge in [0, 0.05) is 31.1 Å². The Balaban J connectivity index is 1.59. The molecule has 6 nitrogen and oxygen atoms in total. The average molecular weight is 404 g/mol. The summed E-state index contributed by atoms with van der Waals surface area (Å²) in [6, 6.07) is 11.6. The molecule has 3 heterocycles. The molecule has 3 aliphatic heterocycles. The van der Waals surface area contributed by atoms with Crippen molar-refractivity contribution in [3.8, 4) is 11.5 Å². The van der Waals surface area contributed by atoms with E-state index >= 15 is 0 Å². The third-order valence-corrected chi connectivity index (χ3v) is 6.69. The average Bonchev–Trinajstić information content (AvgIpc) is 3.15. The summed E-state index contributed by atoms with van der Waals surface area (Å²) < 4.78 is 12.0. The fourth-order valence-corrected chi connectivity index (χ4v) is 4.91. The summed E-state index contributed by atoms with van der Waals surface area (Å²) >= 11 is 0. The van der Waals surface area contributed by atoms with E-state index in [4.69, 9.17) is 9.47 Å². The maximum absolute atomic E-state index is 12.2. The van der Waals surface area contributed by atoms with Crippen molar-refractivity contribution in [1.29, 1.82) is 0 Å². The predicted octanol–water partition coefficient (Wildman–Crippen LogP) is 3.88. The third kappa shape index (κ3) is 2.30. The summed E-state index contributed by atoms with van der Waals surface area (Å²) in [5.74, 6) is 1.28. The van der Waals surface area contributed by atoms with Crippen LogP contribution in [0.2, 0.25) is 0 Å². The molecule has 0 bridgehead atoms. The van der Waals surface area contributed by atoms with Crippen LogP contribution in [0, 0.1) is 0 Å². The van der Waals surface area contributed by atoms with Crippen LogP contribution in [-0.2, 0) is 15.0 Å². The first-order valence-corrected chi connectivity index (χ1v) is 10.1. The van der Waals surface area contributed by atoms with Crippen molar-refractivity contribution >= 4 is 29.3 Å². The Morgan fingerprint density at radius 3 is 2.47 bits per heavy atom. The number of amides is 2. The van der Waals surface area contributed by atoms with Gasteiger partial charge in [0.1, 0.15) is 11.5 Å². The molecule has 3 aliphatic rings. The number of rotatable bonds is 2. The molecule has 154 valence electrons.